The lowest BCUT2D eigenvalue weighted by Gasteiger charge is -2.34. The van der Waals surface area contributed by atoms with E-state index in [1.807, 2.05) is 6.92 Å². The molecule has 1 saturated carbocycles. The van der Waals surface area contributed by atoms with E-state index in [-0.39, 0.29) is 24.2 Å². The van der Waals surface area contributed by atoms with E-state index in [1.165, 1.54) is 4.90 Å². The lowest BCUT2D eigenvalue weighted by atomic mass is 9.94. The maximum atomic E-state index is 13.6. The highest BCUT2D eigenvalue weighted by atomic mass is 16.6. The second kappa shape index (κ2) is 12.6. The normalized spacial score (nSPS) is 15.3. The van der Waals surface area contributed by atoms with Gasteiger partial charge in [0.1, 0.15) is 23.9 Å². The van der Waals surface area contributed by atoms with E-state index in [0.29, 0.717) is 24.1 Å². The molecule has 3 N–H and O–H groups in total. The quantitative estimate of drug-likeness (QED) is 0.492. The molecule has 1 unspecified atom stereocenters. The number of amides is 3. The maximum Gasteiger partial charge on any atom is 0.408 e. The van der Waals surface area contributed by atoms with E-state index in [0.717, 1.165) is 38.5 Å². The van der Waals surface area contributed by atoms with Crippen LogP contribution < -0.4 is 10.6 Å². The van der Waals surface area contributed by atoms with Gasteiger partial charge in [-0.1, -0.05) is 50.8 Å². The number of carbonyl (C=O) groups excluding carboxylic acids is 3. The number of para-hydroxylation sites is 1. The molecule has 1 fully saturated rings. The Balaban J connectivity index is 2.32. The van der Waals surface area contributed by atoms with Gasteiger partial charge in [-0.2, -0.15) is 0 Å². The molecule has 0 heterocycles. The van der Waals surface area contributed by atoms with Crippen LogP contribution in [-0.4, -0.2) is 52.6 Å². The van der Waals surface area contributed by atoms with Gasteiger partial charge >= 0.3 is 6.09 Å². The Morgan fingerprint density at radius 3 is 2.47 bits per heavy atom. The van der Waals surface area contributed by atoms with Gasteiger partial charge in [0, 0.05) is 18.2 Å². The van der Waals surface area contributed by atoms with Crippen molar-refractivity contribution >= 4 is 17.9 Å². The van der Waals surface area contributed by atoms with E-state index < -0.39 is 23.6 Å². The number of unbranched alkanes of at least 4 members (excludes halogenated alkanes) is 1. The fourth-order valence-corrected chi connectivity index (χ4v) is 4.17. The first-order chi connectivity index (χ1) is 16.0. The lowest BCUT2D eigenvalue weighted by Crippen LogP contribution is -2.50. The van der Waals surface area contributed by atoms with Crippen LogP contribution in [0.1, 0.15) is 89.8 Å². The maximum absolute atomic E-state index is 13.6. The summed E-state index contributed by atoms with van der Waals surface area (Å²) < 4.78 is 5.24. The molecular formula is C26H41N3O5. The van der Waals surface area contributed by atoms with Gasteiger partial charge in [-0.05, 0) is 52.5 Å². The number of hydrogen-bond acceptors (Lipinski definition) is 5. The van der Waals surface area contributed by atoms with Crippen molar-refractivity contribution in [3.8, 4) is 5.75 Å². The van der Waals surface area contributed by atoms with E-state index in [4.69, 9.17) is 4.74 Å². The zero-order valence-electron chi connectivity index (χ0n) is 21.3. The zero-order valence-corrected chi connectivity index (χ0v) is 21.3. The third-order valence-electron chi connectivity index (χ3n) is 5.93. The predicted octanol–water partition coefficient (Wildman–Crippen LogP) is 4.34. The molecule has 0 saturated heterocycles. The van der Waals surface area contributed by atoms with E-state index in [2.05, 4.69) is 10.6 Å². The fourth-order valence-electron chi connectivity index (χ4n) is 4.17. The number of carbonyl (C=O) groups is 3. The molecule has 190 valence electrons. The standard InChI is InChI=1S/C26H41N3O5/c1-6-7-16-29(21(30)17-27-25(33)34-26(3,4)5)22(20-15-11-12-18(2)23(20)31)24(32)28-19-13-9-8-10-14-19/h11-12,15,19,22,31H,6-10,13-14,16-17H2,1-5H3,(H,27,33)(H,28,32). The van der Waals surface area contributed by atoms with Crippen LogP contribution in [0.5, 0.6) is 5.75 Å². The topological polar surface area (TPSA) is 108 Å². The third kappa shape index (κ3) is 8.22. The summed E-state index contributed by atoms with van der Waals surface area (Å²) in [6, 6.07) is 4.27. The number of rotatable bonds is 9. The molecule has 1 aliphatic rings. The highest BCUT2D eigenvalue weighted by molar-refractivity contribution is 5.91. The molecule has 0 aliphatic heterocycles. The molecule has 1 aromatic carbocycles. The number of ether oxygens (including phenoxy) is 1. The highest BCUT2D eigenvalue weighted by Gasteiger charge is 2.34. The van der Waals surface area contributed by atoms with Crippen LogP contribution >= 0.6 is 0 Å². The summed E-state index contributed by atoms with van der Waals surface area (Å²) in [6.45, 7) is 9.01. The zero-order chi connectivity index (χ0) is 25.3. The fraction of sp³-hybridized carbons (Fsp3) is 0.654. The summed E-state index contributed by atoms with van der Waals surface area (Å²) in [4.78, 5) is 40.5. The van der Waals surface area contributed by atoms with Crippen molar-refractivity contribution in [2.24, 2.45) is 0 Å². The Morgan fingerprint density at radius 2 is 1.85 bits per heavy atom. The monoisotopic (exact) mass is 475 g/mol. The third-order valence-corrected chi connectivity index (χ3v) is 5.93. The van der Waals surface area contributed by atoms with Crippen molar-refractivity contribution in [2.75, 3.05) is 13.1 Å². The van der Waals surface area contributed by atoms with Crippen LogP contribution in [0.3, 0.4) is 0 Å². The van der Waals surface area contributed by atoms with Crippen LogP contribution in [0.2, 0.25) is 0 Å². The Kier molecular flexibility index (Phi) is 10.2. The van der Waals surface area contributed by atoms with Crippen LogP contribution in [0.25, 0.3) is 0 Å². The summed E-state index contributed by atoms with van der Waals surface area (Å²) >= 11 is 0. The van der Waals surface area contributed by atoms with E-state index in [9.17, 15) is 19.5 Å². The molecule has 2 rings (SSSR count). The number of phenols is 1. The number of nitrogens with zero attached hydrogens (tertiary/aromatic N) is 1. The number of alkyl carbamates (subject to hydrolysis) is 1. The first-order valence-electron chi connectivity index (χ1n) is 12.4. The van der Waals surface area contributed by atoms with Crippen molar-refractivity contribution < 1.29 is 24.2 Å². The average Bonchev–Trinajstić information content (AvgIpc) is 2.77. The second-order valence-corrected chi connectivity index (χ2v) is 10.1. The van der Waals surface area contributed by atoms with Crippen LogP contribution in [0.4, 0.5) is 4.79 Å². The Labute approximate surface area is 203 Å². The average molecular weight is 476 g/mol. The number of benzene rings is 1. The van der Waals surface area contributed by atoms with Gasteiger partial charge < -0.3 is 25.4 Å². The van der Waals surface area contributed by atoms with Gasteiger partial charge in [-0.15, -0.1) is 0 Å². The molecule has 0 bridgehead atoms. The summed E-state index contributed by atoms with van der Waals surface area (Å²) in [5.74, 6) is -0.723. The number of phenolic OH excluding ortho intramolecular Hbond substituents is 1. The van der Waals surface area contributed by atoms with Gasteiger partial charge in [0.25, 0.3) is 0 Å². The molecule has 8 heteroatoms. The summed E-state index contributed by atoms with van der Waals surface area (Å²) in [6.07, 6.45) is 5.89. The summed E-state index contributed by atoms with van der Waals surface area (Å²) in [5.41, 5.74) is 0.322. The molecule has 3 amide bonds. The van der Waals surface area contributed by atoms with Crippen LogP contribution in [0, 0.1) is 6.92 Å². The smallest absolute Gasteiger partial charge is 0.408 e. The number of aryl methyl sites for hydroxylation is 1. The van der Waals surface area contributed by atoms with Crippen molar-refractivity contribution in [1.82, 2.24) is 15.5 Å². The van der Waals surface area contributed by atoms with Crippen molar-refractivity contribution in [2.45, 2.75) is 97.2 Å². The molecule has 34 heavy (non-hydrogen) atoms. The van der Waals surface area contributed by atoms with Gasteiger partial charge in [0.2, 0.25) is 11.8 Å². The van der Waals surface area contributed by atoms with Crippen molar-refractivity contribution in [3.05, 3.63) is 29.3 Å². The number of aromatic hydroxyl groups is 1. The van der Waals surface area contributed by atoms with Crippen molar-refractivity contribution in [1.29, 1.82) is 0 Å². The largest absolute Gasteiger partial charge is 0.507 e. The number of hydrogen-bond donors (Lipinski definition) is 3. The highest BCUT2D eigenvalue weighted by Crippen LogP contribution is 2.32. The molecule has 1 aromatic rings. The minimum absolute atomic E-state index is 0.000643. The molecule has 1 atom stereocenters. The van der Waals surface area contributed by atoms with Gasteiger partial charge in [0.05, 0.1) is 0 Å². The summed E-state index contributed by atoms with van der Waals surface area (Å²) in [5, 5.41) is 16.4. The van der Waals surface area contributed by atoms with Gasteiger partial charge in [-0.25, -0.2) is 4.79 Å². The van der Waals surface area contributed by atoms with E-state index >= 15 is 0 Å². The van der Waals surface area contributed by atoms with E-state index in [1.54, 1.807) is 45.9 Å². The first-order valence-corrected chi connectivity index (χ1v) is 12.4. The second-order valence-electron chi connectivity index (χ2n) is 10.1. The SMILES string of the molecule is CCCCN(C(=O)CNC(=O)OC(C)(C)C)C(C(=O)NC1CCCCC1)c1cccc(C)c1O. The minimum atomic E-state index is -0.999. The minimum Gasteiger partial charge on any atom is -0.507 e. The van der Waals surface area contributed by atoms with Gasteiger partial charge in [0.15, 0.2) is 0 Å². The predicted molar refractivity (Wildman–Crippen MR) is 131 cm³/mol. The van der Waals surface area contributed by atoms with Crippen molar-refractivity contribution in [3.63, 3.8) is 0 Å². The molecule has 8 nitrogen and oxygen atoms in total. The molecular weight excluding hydrogens is 434 g/mol. The lowest BCUT2D eigenvalue weighted by molar-refractivity contribution is -0.140. The Morgan fingerprint density at radius 1 is 1.18 bits per heavy atom. The number of nitrogens with one attached hydrogen (secondary N) is 2. The molecule has 0 radical (unpaired) electrons. The molecule has 0 aromatic heterocycles. The van der Waals surface area contributed by atoms with Crippen LogP contribution in [0.15, 0.2) is 18.2 Å². The summed E-state index contributed by atoms with van der Waals surface area (Å²) in [7, 11) is 0. The molecule has 0 spiro atoms. The van der Waals surface area contributed by atoms with Gasteiger partial charge in [-0.3, -0.25) is 9.59 Å². The Bertz CT molecular complexity index is 843. The van der Waals surface area contributed by atoms with Crippen LogP contribution in [-0.2, 0) is 14.3 Å². The first kappa shape index (κ1) is 27.5. The Hall–Kier alpha value is -2.77. The molecule has 1 aliphatic carbocycles.